The summed E-state index contributed by atoms with van der Waals surface area (Å²) < 4.78 is 5.34. The zero-order chi connectivity index (χ0) is 15.0. The van der Waals surface area contributed by atoms with E-state index >= 15 is 0 Å². The minimum absolute atomic E-state index is 0.244. The van der Waals surface area contributed by atoms with Gasteiger partial charge in [-0.2, -0.15) is 5.26 Å². The first kappa shape index (κ1) is 16.0. The molecular formula is C15H22N4O. The lowest BCUT2D eigenvalue weighted by Gasteiger charge is -2.24. The van der Waals surface area contributed by atoms with E-state index in [4.69, 9.17) is 10.00 Å². The summed E-state index contributed by atoms with van der Waals surface area (Å²) in [5, 5.41) is 15.2. The molecule has 0 aliphatic rings. The van der Waals surface area contributed by atoms with Crippen molar-refractivity contribution in [3.8, 4) is 6.07 Å². The highest BCUT2D eigenvalue weighted by molar-refractivity contribution is 5.79. The standard InChI is InChI=1S/C15H22N4O/c1-15(2,20-4)11-19-14(17-3)18-10-13-7-5-12(9-16)6-8-13/h5-8H,10-11H2,1-4H3,(H2,17,18,19). The molecule has 0 aliphatic heterocycles. The summed E-state index contributed by atoms with van der Waals surface area (Å²) in [6.07, 6.45) is 0. The third kappa shape index (κ3) is 5.29. The summed E-state index contributed by atoms with van der Waals surface area (Å²) >= 11 is 0. The van der Waals surface area contributed by atoms with Gasteiger partial charge in [-0.3, -0.25) is 4.99 Å². The summed E-state index contributed by atoms with van der Waals surface area (Å²) in [4.78, 5) is 4.16. The van der Waals surface area contributed by atoms with Crippen LogP contribution in [-0.4, -0.2) is 32.3 Å². The Hall–Kier alpha value is -2.06. The Balaban J connectivity index is 2.47. The molecule has 0 atom stereocenters. The maximum absolute atomic E-state index is 8.75. The Kier molecular flexibility index (Phi) is 6.01. The van der Waals surface area contributed by atoms with Crippen LogP contribution in [0.15, 0.2) is 29.3 Å². The van der Waals surface area contributed by atoms with Gasteiger partial charge in [-0.25, -0.2) is 0 Å². The molecule has 20 heavy (non-hydrogen) atoms. The Bertz CT molecular complexity index is 486. The molecule has 1 rings (SSSR count). The van der Waals surface area contributed by atoms with Gasteiger partial charge >= 0.3 is 0 Å². The van der Waals surface area contributed by atoms with Crippen molar-refractivity contribution in [2.45, 2.75) is 26.0 Å². The molecule has 0 aromatic heterocycles. The van der Waals surface area contributed by atoms with E-state index in [9.17, 15) is 0 Å². The summed E-state index contributed by atoms with van der Waals surface area (Å²) in [5.41, 5.74) is 1.52. The van der Waals surface area contributed by atoms with Gasteiger partial charge in [-0.1, -0.05) is 12.1 Å². The van der Waals surface area contributed by atoms with Crippen LogP contribution in [0.1, 0.15) is 25.0 Å². The molecular weight excluding hydrogens is 252 g/mol. The second kappa shape index (κ2) is 7.51. The van der Waals surface area contributed by atoms with Crippen LogP contribution in [0.5, 0.6) is 0 Å². The molecule has 0 bridgehead atoms. The number of aliphatic imine (C=N–C) groups is 1. The average molecular weight is 274 g/mol. The maximum Gasteiger partial charge on any atom is 0.191 e. The molecule has 0 spiro atoms. The van der Waals surface area contributed by atoms with Gasteiger partial charge in [0.05, 0.1) is 17.2 Å². The normalized spacial score (nSPS) is 11.8. The van der Waals surface area contributed by atoms with Gasteiger partial charge in [0.2, 0.25) is 0 Å². The molecule has 0 radical (unpaired) electrons. The van der Waals surface area contributed by atoms with E-state index in [0.29, 0.717) is 18.7 Å². The molecule has 0 heterocycles. The van der Waals surface area contributed by atoms with E-state index in [-0.39, 0.29) is 5.60 Å². The number of guanidine groups is 1. The van der Waals surface area contributed by atoms with Crippen molar-refractivity contribution in [1.82, 2.24) is 10.6 Å². The minimum atomic E-state index is -0.244. The molecule has 5 heteroatoms. The lowest BCUT2D eigenvalue weighted by molar-refractivity contribution is 0.0268. The number of methoxy groups -OCH3 is 1. The minimum Gasteiger partial charge on any atom is -0.377 e. The molecule has 0 aliphatic carbocycles. The van der Waals surface area contributed by atoms with Crippen molar-refractivity contribution in [2.24, 2.45) is 4.99 Å². The molecule has 1 aromatic carbocycles. The van der Waals surface area contributed by atoms with Gasteiger partial charge in [0.15, 0.2) is 5.96 Å². The molecule has 2 N–H and O–H groups in total. The zero-order valence-corrected chi connectivity index (χ0v) is 12.5. The van der Waals surface area contributed by atoms with Crippen LogP contribution in [0.25, 0.3) is 0 Å². The predicted octanol–water partition coefficient (Wildman–Crippen LogP) is 1.65. The fourth-order valence-electron chi connectivity index (χ4n) is 1.47. The van der Waals surface area contributed by atoms with Crippen LogP contribution in [0.2, 0.25) is 0 Å². The summed E-state index contributed by atoms with van der Waals surface area (Å²) in [6, 6.07) is 9.57. The van der Waals surface area contributed by atoms with E-state index in [1.807, 2.05) is 26.0 Å². The number of benzene rings is 1. The highest BCUT2D eigenvalue weighted by Crippen LogP contribution is 2.05. The lowest BCUT2D eigenvalue weighted by atomic mass is 10.1. The van der Waals surface area contributed by atoms with Crippen LogP contribution in [0.3, 0.4) is 0 Å². The monoisotopic (exact) mass is 274 g/mol. The maximum atomic E-state index is 8.75. The third-order valence-corrected chi connectivity index (χ3v) is 3.00. The van der Waals surface area contributed by atoms with Gasteiger partial charge in [0, 0.05) is 27.2 Å². The van der Waals surface area contributed by atoms with Crippen molar-refractivity contribution in [3.05, 3.63) is 35.4 Å². The zero-order valence-electron chi connectivity index (χ0n) is 12.5. The predicted molar refractivity (Wildman–Crippen MR) is 80.4 cm³/mol. The van der Waals surface area contributed by atoms with Crippen molar-refractivity contribution in [3.63, 3.8) is 0 Å². The largest absolute Gasteiger partial charge is 0.377 e. The van der Waals surface area contributed by atoms with Crippen LogP contribution in [0.4, 0.5) is 0 Å². The first-order valence-electron chi connectivity index (χ1n) is 6.49. The number of hydrogen-bond acceptors (Lipinski definition) is 3. The quantitative estimate of drug-likeness (QED) is 0.633. The van der Waals surface area contributed by atoms with Gasteiger partial charge in [-0.15, -0.1) is 0 Å². The summed E-state index contributed by atoms with van der Waals surface area (Å²) in [5.74, 6) is 0.722. The first-order valence-corrected chi connectivity index (χ1v) is 6.49. The Labute approximate surface area is 120 Å². The van der Waals surface area contributed by atoms with Crippen molar-refractivity contribution >= 4 is 5.96 Å². The number of ether oxygens (including phenoxy) is 1. The average Bonchev–Trinajstić information content (AvgIpc) is 2.48. The van der Waals surface area contributed by atoms with E-state index in [0.717, 1.165) is 11.5 Å². The van der Waals surface area contributed by atoms with E-state index < -0.39 is 0 Å². The first-order chi connectivity index (χ1) is 9.50. The molecule has 0 saturated heterocycles. The molecule has 0 fully saturated rings. The van der Waals surface area contributed by atoms with Crippen molar-refractivity contribution in [2.75, 3.05) is 20.7 Å². The van der Waals surface area contributed by atoms with Crippen LogP contribution >= 0.6 is 0 Å². The number of nitrogens with one attached hydrogen (secondary N) is 2. The Morgan fingerprint density at radius 2 is 1.95 bits per heavy atom. The fourth-order valence-corrected chi connectivity index (χ4v) is 1.47. The molecule has 0 saturated carbocycles. The van der Waals surface area contributed by atoms with Crippen LogP contribution in [0, 0.1) is 11.3 Å². The SMILES string of the molecule is CN=C(NCc1ccc(C#N)cc1)NCC(C)(C)OC. The van der Waals surface area contributed by atoms with Crippen molar-refractivity contribution in [1.29, 1.82) is 5.26 Å². The molecule has 0 amide bonds. The topological polar surface area (TPSA) is 69.4 Å². The van der Waals surface area contributed by atoms with E-state index in [1.54, 1.807) is 26.3 Å². The Morgan fingerprint density at radius 1 is 1.30 bits per heavy atom. The molecule has 108 valence electrons. The summed E-state index contributed by atoms with van der Waals surface area (Å²) in [6.45, 7) is 5.33. The molecule has 5 nitrogen and oxygen atoms in total. The molecule has 0 unspecified atom stereocenters. The second-order valence-corrected chi connectivity index (χ2v) is 5.05. The van der Waals surface area contributed by atoms with Gasteiger partial charge in [-0.05, 0) is 31.5 Å². The highest BCUT2D eigenvalue weighted by atomic mass is 16.5. The van der Waals surface area contributed by atoms with Gasteiger partial charge in [0.25, 0.3) is 0 Å². The van der Waals surface area contributed by atoms with E-state index in [2.05, 4.69) is 21.7 Å². The van der Waals surface area contributed by atoms with Crippen LogP contribution in [-0.2, 0) is 11.3 Å². The second-order valence-electron chi connectivity index (χ2n) is 5.05. The summed E-state index contributed by atoms with van der Waals surface area (Å²) in [7, 11) is 3.42. The lowest BCUT2D eigenvalue weighted by Crippen LogP contribution is -2.45. The van der Waals surface area contributed by atoms with Crippen LogP contribution < -0.4 is 10.6 Å². The number of nitrogens with zero attached hydrogens (tertiary/aromatic N) is 2. The van der Waals surface area contributed by atoms with Crippen molar-refractivity contribution < 1.29 is 4.74 Å². The third-order valence-electron chi connectivity index (χ3n) is 3.00. The fraction of sp³-hybridized carbons (Fsp3) is 0.467. The van der Waals surface area contributed by atoms with E-state index in [1.165, 1.54) is 0 Å². The molecule has 1 aromatic rings. The Morgan fingerprint density at radius 3 is 2.45 bits per heavy atom. The number of nitriles is 1. The number of rotatable bonds is 5. The highest BCUT2D eigenvalue weighted by Gasteiger charge is 2.16. The van der Waals surface area contributed by atoms with Gasteiger partial charge < -0.3 is 15.4 Å². The smallest absolute Gasteiger partial charge is 0.191 e. The number of hydrogen-bond donors (Lipinski definition) is 2. The van der Waals surface area contributed by atoms with Gasteiger partial charge in [0.1, 0.15) is 0 Å².